The Labute approximate surface area is 70.1 Å². The highest BCUT2D eigenvalue weighted by Gasteiger charge is 2.38. The Balaban J connectivity index is 4.60. The third kappa shape index (κ3) is 2.71. The topological polar surface area (TPSA) is 15.6 Å². The van der Waals surface area contributed by atoms with Crippen LogP contribution in [0.3, 0.4) is 0 Å². The number of hydrogen-bond donors (Lipinski definition) is 0. The van der Waals surface area contributed by atoms with Crippen molar-refractivity contribution in [1.82, 2.24) is 4.90 Å². The van der Waals surface area contributed by atoms with E-state index in [1.807, 2.05) is 0 Å². The smallest absolute Gasteiger partial charge is 0.353 e. The Morgan fingerprint density at radius 3 is 1.83 bits per heavy atom. The van der Waals surface area contributed by atoms with E-state index in [9.17, 15) is 13.2 Å². The Morgan fingerprint density at radius 2 is 1.75 bits per heavy atom. The Hall–Kier alpha value is -0.740. The molecule has 0 unspecified atom stereocenters. The predicted octanol–water partition coefficient (Wildman–Crippen LogP) is 1.92. The Kier molecular flexibility index (Phi) is 3.55. The van der Waals surface area contributed by atoms with Gasteiger partial charge in [-0.25, -0.2) is 0 Å². The molecule has 0 aliphatic rings. The fraction of sp³-hybridized carbons (Fsp3) is 0.857. The molecule has 0 rings (SSSR count). The van der Waals surface area contributed by atoms with Gasteiger partial charge in [-0.1, -0.05) is 0 Å². The first-order chi connectivity index (χ1) is 5.30. The number of rotatable bonds is 1. The summed E-state index contributed by atoms with van der Waals surface area (Å²) in [7, 11) is 2.52. The summed E-state index contributed by atoms with van der Waals surface area (Å²) in [5.74, 6) is -0.836. The summed E-state index contributed by atoms with van der Waals surface area (Å²) < 4.78 is 36.5. The first-order valence-corrected chi connectivity index (χ1v) is 3.57. The molecule has 72 valence electrons. The highest BCUT2D eigenvalue weighted by atomic mass is 19.4. The molecule has 0 amide bonds. The molecule has 0 saturated heterocycles. The maximum Gasteiger partial charge on any atom is 0.449 e. The van der Waals surface area contributed by atoms with Crippen molar-refractivity contribution in [3.05, 3.63) is 0 Å². The van der Waals surface area contributed by atoms with Crippen molar-refractivity contribution in [2.75, 3.05) is 14.1 Å². The number of halogens is 3. The lowest BCUT2D eigenvalue weighted by Crippen LogP contribution is -2.42. The summed E-state index contributed by atoms with van der Waals surface area (Å²) in [6, 6.07) is -0.203. The van der Waals surface area contributed by atoms with Gasteiger partial charge in [0.1, 0.15) is 0 Å². The van der Waals surface area contributed by atoms with Gasteiger partial charge in [-0.2, -0.15) is 13.2 Å². The van der Waals surface area contributed by atoms with Crippen LogP contribution in [0, 0.1) is 0 Å². The fourth-order valence-electron chi connectivity index (χ4n) is 0.729. The summed E-state index contributed by atoms with van der Waals surface area (Å²) in [6.45, 7) is 3.36. The summed E-state index contributed by atoms with van der Waals surface area (Å²) in [5, 5.41) is 0. The van der Waals surface area contributed by atoms with Crippen LogP contribution in [0.25, 0.3) is 0 Å². The molecule has 0 spiro atoms. The van der Waals surface area contributed by atoms with Crippen LogP contribution in [-0.4, -0.2) is 37.0 Å². The van der Waals surface area contributed by atoms with E-state index >= 15 is 0 Å². The molecule has 5 heteroatoms. The van der Waals surface area contributed by atoms with Gasteiger partial charge in [-0.3, -0.25) is 4.99 Å². The number of aliphatic imine (C=N–C) groups is 1. The van der Waals surface area contributed by atoms with Crippen molar-refractivity contribution in [2.24, 2.45) is 4.99 Å². The lowest BCUT2D eigenvalue weighted by molar-refractivity contribution is -0.0690. The van der Waals surface area contributed by atoms with Crippen molar-refractivity contribution < 1.29 is 13.2 Å². The zero-order valence-electron chi connectivity index (χ0n) is 7.61. The summed E-state index contributed by atoms with van der Waals surface area (Å²) in [6.07, 6.45) is -4.35. The van der Waals surface area contributed by atoms with Crippen molar-refractivity contribution >= 4 is 5.84 Å². The third-order valence-electron chi connectivity index (χ3n) is 1.57. The van der Waals surface area contributed by atoms with Crippen molar-refractivity contribution in [3.63, 3.8) is 0 Å². The van der Waals surface area contributed by atoms with Crippen molar-refractivity contribution in [3.8, 4) is 0 Å². The molecule has 0 fully saturated rings. The number of alkyl halides is 3. The number of nitrogens with zero attached hydrogens (tertiary/aromatic N) is 2. The van der Waals surface area contributed by atoms with Gasteiger partial charge in [0.25, 0.3) is 0 Å². The molecular weight excluding hydrogens is 169 g/mol. The van der Waals surface area contributed by atoms with E-state index in [1.165, 1.54) is 7.05 Å². The molecule has 0 aromatic carbocycles. The van der Waals surface area contributed by atoms with Crippen LogP contribution in [0.5, 0.6) is 0 Å². The van der Waals surface area contributed by atoms with Gasteiger partial charge in [0, 0.05) is 20.1 Å². The van der Waals surface area contributed by atoms with E-state index in [1.54, 1.807) is 13.8 Å². The molecule has 0 radical (unpaired) electrons. The molecule has 2 nitrogen and oxygen atoms in total. The van der Waals surface area contributed by atoms with Crippen LogP contribution >= 0.6 is 0 Å². The van der Waals surface area contributed by atoms with E-state index in [0.29, 0.717) is 0 Å². The average Bonchev–Trinajstić information content (AvgIpc) is 1.85. The molecule has 0 heterocycles. The van der Waals surface area contributed by atoms with Gasteiger partial charge in [0.05, 0.1) is 0 Å². The van der Waals surface area contributed by atoms with Gasteiger partial charge in [-0.15, -0.1) is 0 Å². The van der Waals surface area contributed by atoms with Gasteiger partial charge in [-0.05, 0) is 13.8 Å². The quantitative estimate of drug-likeness (QED) is 0.447. The molecule has 0 atom stereocenters. The second-order valence-electron chi connectivity index (χ2n) is 2.75. The van der Waals surface area contributed by atoms with Crippen LogP contribution in [0.15, 0.2) is 4.99 Å². The monoisotopic (exact) mass is 182 g/mol. The lowest BCUT2D eigenvalue weighted by Gasteiger charge is -2.26. The van der Waals surface area contributed by atoms with Crippen LogP contribution in [0.1, 0.15) is 13.8 Å². The number of amidine groups is 1. The molecule has 0 N–H and O–H groups in total. The van der Waals surface area contributed by atoms with Crippen LogP contribution < -0.4 is 0 Å². The van der Waals surface area contributed by atoms with Crippen LogP contribution in [0.2, 0.25) is 0 Å². The SMILES string of the molecule is C/N=C(\N(C)C(C)C)C(F)(F)F. The van der Waals surface area contributed by atoms with Crippen molar-refractivity contribution in [1.29, 1.82) is 0 Å². The first-order valence-electron chi connectivity index (χ1n) is 3.57. The van der Waals surface area contributed by atoms with Gasteiger partial charge in [0.2, 0.25) is 5.84 Å². The summed E-state index contributed by atoms with van der Waals surface area (Å²) in [5.41, 5.74) is 0. The molecule has 0 aliphatic carbocycles. The van der Waals surface area contributed by atoms with Gasteiger partial charge >= 0.3 is 6.18 Å². The standard InChI is InChI=1S/C7H13F3N2/c1-5(2)12(4)6(11-3)7(8,9)10/h5H,1-4H3/b11-6-. The molecule has 0 aromatic rings. The minimum Gasteiger partial charge on any atom is -0.353 e. The average molecular weight is 182 g/mol. The van der Waals surface area contributed by atoms with Gasteiger partial charge in [0.15, 0.2) is 0 Å². The van der Waals surface area contributed by atoms with E-state index < -0.39 is 12.0 Å². The second kappa shape index (κ2) is 3.78. The predicted molar refractivity (Wildman–Crippen MR) is 42.3 cm³/mol. The zero-order chi connectivity index (χ0) is 9.94. The second-order valence-corrected chi connectivity index (χ2v) is 2.75. The van der Waals surface area contributed by atoms with E-state index in [2.05, 4.69) is 4.99 Å². The maximum atomic E-state index is 12.2. The normalized spacial score (nSPS) is 13.8. The van der Waals surface area contributed by atoms with Gasteiger partial charge < -0.3 is 4.90 Å². The molecule has 0 bridgehead atoms. The summed E-state index contributed by atoms with van der Waals surface area (Å²) >= 11 is 0. The first kappa shape index (κ1) is 11.3. The lowest BCUT2D eigenvalue weighted by atomic mass is 10.3. The van der Waals surface area contributed by atoms with E-state index in [-0.39, 0.29) is 6.04 Å². The van der Waals surface area contributed by atoms with Crippen molar-refractivity contribution in [2.45, 2.75) is 26.1 Å². The zero-order valence-corrected chi connectivity index (χ0v) is 7.61. The van der Waals surface area contributed by atoms with E-state index in [4.69, 9.17) is 0 Å². The van der Waals surface area contributed by atoms with Crippen LogP contribution in [0.4, 0.5) is 13.2 Å². The number of hydrogen-bond acceptors (Lipinski definition) is 1. The molecule has 0 aromatic heterocycles. The van der Waals surface area contributed by atoms with Crippen LogP contribution in [-0.2, 0) is 0 Å². The fourth-order valence-corrected chi connectivity index (χ4v) is 0.729. The Bertz CT molecular complexity index is 172. The largest absolute Gasteiger partial charge is 0.449 e. The third-order valence-corrected chi connectivity index (χ3v) is 1.57. The Morgan fingerprint density at radius 1 is 1.33 bits per heavy atom. The maximum absolute atomic E-state index is 12.2. The molecule has 0 saturated carbocycles. The highest BCUT2D eigenvalue weighted by Crippen LogP contribution is 2.20. The minimum atomic E-state index is -4.35. The minimum absolute atomic E-state index is 0.203. The van der Waals surface area contributed by atoms with E-state index in [0.717, 1.165) is 11.9 Å². The highest BCUT2D eigenvalue weighted by molar-refractivity contribution is 5.87. The molecule has 0 aliphatic heterocycles. The molecule has 12 heavy (non-hydrogen) atoms. The molecular formula is C7H13F3N2. The summed E-state index contributed by atoms with van der Waals surface area (Å²) in [4.78, 5) is 4.30.